The molecule has 7 heteroatoms. The zero-order valence-corrected chi connectivity index (χ0v) is 17.6. The van der Waals surface area contributed by atoms with Gasteiger partial charge in [-0.25, -0.2) is 8.42 Å². The molecule has 3 rings (SSSR count). The molecule has 2 fully saturated rings. The van der Waals surface area contributed by atoms with Crippen LogP contribution in [0.4, 0.5) is 0 Å². The summed E-state index contributed by atoms with van der Waals surface area (Å²) in [6.45, 7) is 9.40. The van der Waals surface area contributed by atoms with Crippen LogP contribution in [0.2, 0.25) is 0 Å². The van der Waals surface area contributed by atoms with E-state index in [4.69, 9.17) is 0 Å². The minimum atomic E-state index is -3.53. The fourth-order valence-corrected chi connectivity index (χ4v) is 5.78. The van der Waals surface area contributed by atoms with Crippen molar-refractivity contribution < 1.29 is 13.2 Å². The predicted octanol–water partition coefficient (Wildman–Crippen LogP) is 2.13. The molecule has 0 aliphatic carbocycles. The molecular weight excluding hydrogens is 362 g/mol. The van der Waals surface area contributed by atoms with Crippen LogP contribution in [-0.4, -0.2) is 73.7 Å². The van der Waals surface area contributed by atoms with Crippen molar-refractivity contribution in [1.29, 1.82) is 0 Å². The van der Waals surface area contributed by atoms with E-state index in [-0.39, 0.29) is 5.91 Å². The number of amides is 1. The van der Waals surface area contributed by atoms with Crippen LogP contribution >= 0.6 is 0 Å². The van der Waals surface area contributed by atoms with Crippen molar-refractivity contribution in [3.8, 4) is 0 Å². The summed E-state index contributed by atoms with van der Waals surface area (Å²) in [6.07, 6.45) is 1.10. The molecule has 0 bridgehead atoms. The minimum absolute atomic E-state index is 0.133. The summed E-state index contributed by atoms with van der Waals surface area (Å²) in [4.78, 5) is 17.3. The van der Waals surface area contributed by atoms with Crippen molar-refractivity contribution in [2.75, 3.05) is 39.8 Å². The van der Waals surface area contributed by atoms with Crippen molar-refractivity contribution in [2.24, 2.45) is 0 Å². The van der Waals surface area contributed by atoms with Crippen molar-refractivity contribution in [2.45, 2.75) is 50.0 Å². The van der Waals surface area contributed by atoms with Gasteiger partial charge in [-0.2, -0.15) is 4.31 Å². The SMILES string of the molecule is CCN1CCN(C)C(=O)C12CCN(S(=O)(=O)c1ccc(C(C)C)cc1)CC2. The van der Waals surface area contributed by atoms with Gasteiger partial charge in [-0.1, -0.05) is 32.9 Å². The summed E-state index contributed by atoms with van der Waals surface area (Å²) in [7, 11) is -1.68. The first-order valence-electron chi connectivity index (χ1n) is 9.83. The number of hydrogen-bond acceptors (Lipinski definition) is 4. The van der Waals surface area contributed by atoms with Gasteiger partial charge >= 0.3 is 0 Å². The van der Waals surface area contributed by atoms with Crippen LogP contribution in [0.3, 0.4) is 0 Å². The maximum absolute atomic E-state index is 13.1. The Morgan fingerprint density at radius 3 is 2.15 bits per heavy atom. The summed E-state index contributed by atoms with van der Waals surface area (Å²) in [6, 6.07) is 7.18. The number of hydrogen-bond donors (Lipinski definition) is 0. The Kier molecular flexibility index (Phi) is 5.66. The average Bonchev–Trinajstić information content (AvgIpc) is 2.67. The van der Waals surface area contributed by atoms with Crippen molar-refractivity contribution in [3.63, 3.8) is 0 Å². The van der Waals surface area contributed by atoms with Crippen LogP contribution in [0, 0.1) is 0 Å². The topological polar surface area (TPSA) is 60.9 Å². The van der Waals surface area contributed by atoms with E-state index in [1.807, 2.05) is 19.2 Å². The molecule has 1 aromatic carbocycles. The Labute approximate surface area is 163 Å². The van der Waals surface area contributed by atoms with Gasteiger partial charge in [0, 0.05) is 33.2 Å². The van der Waals surface area contributed by atoms with E-state index in [1.54, 1.807) is 21.3 Å². The van der Waals surface area contributed by atoms with Gasteiger partial charge in [0.05, 0.1) is 4.90 Å². The highest BCUT2D eigenvalue weighted by Gasteiger charge is 2.50. The van der Waals surface area contributed by atoms with E-state index >= 15 is 0 Å². The van der Waals surface area contributed by atoms with Crippen LogP contribution in [0.15, 0.2) is 29.2 Å². The first-order valence-corrected chi connectivity index (χ1v) is 11.3. The van der Waals surface area contributed by atoms with Crippen LogP contribution in [-0.2, 0) is 14.8 Å². The summed E-state index contributed by atoms with van der Waals surface area (Å²) in [5.74, 6) is 0.500. The number of piperidine rings is 1. The van der Waals surface area contributed by atoms with E-state index in [0.717, 1.165) is 25.2 Å². The van der Waals surface area contributed by atoms with Gasteiger partial charge in [-0.15, -0.1) is 0 Å². The van der Waals surface area contributed by atoms with Gasteiger partial charge < -0.3 is 4.90 Å². The molecule has 1 aromatic rings. The fraction of sp³-hybridized carbons (Fsp3) is 0.650. The lowest BCUT2D eigenvalue weighted by molar-refractivity contribution is -0.153. The molecule has 0 N–H and O–H groups in total. The first kappa shape index (κ1) is 20.3. The smallest absolute Gasteiger partial charge is 0.243 e. The third-order valence-electron chi connectivity index (χ3n) is 6.17. The van der Waals surface area contributed by atoms with Gasteiger partial charge in [0.25, 0.3) is 0 Å². The Morgan fingerprint density at radius 2 is 1.63 bits per heavy atom. The molecule has 6 nitrogen and oxygen atoms in total. The number of rotatable bonds is 4. The third-order valence-corrected chi connectivity index (χ3v) is 8.08. The van der Waals surface area contributed by atoms with Crippen LogP contribution in [0.25, 0.3) is 0 Å². The molecule has 2 aliphatic rings. The fourth-order valence-electron chi connectivity index (χ4n) is 4.34. The summed E-state index contributed by atoms with van der Waals surface area (Å²) in [5, 5.41) is 0. The van der Waals surface area contributed by atoms with E-state index in [0.29, 0.717) is 36.7 Å². The zero-order valence-electron chi connectivity index (χ0n) is 16.8. The number of piperazine rings is 1. The highest BCUT2D eigenvalue weighted by Crippen LogP contribution is 2.35. The molecular formula is C20H31N3O3S. The molecule has 0 saturated carbocycles. The summed E-state index contributed by atoms with van der Waals surface area (Å²) < 4.78 is 27.6. The maximum Gasteiger partial charge on any atom is 0.243 e. The number of benzene rings is 1. The summed E-state index contributed by atoms with van der Waals surface area (Å²) >= 11 is 0. The van der Waals surface area contributed by atoms with Crippen molar-refractivity contribution in [1.82, 2.24) is 14.1 Å². The number of carbonyl (C=O) groups excluding carboxylic acids is 1. The number of nitrogens with zero attached hydrogens (tertiary/aromatic N) is 3. The van der Waals surface area contributed by atoms with E-state index in [1.165, 1.54) is 0 Å². The second kappa shape index (κ2) is 7.53. The molecule has 0 aromatic heterocycles. The molecule has 150 valence electrons. The lowest BCUT2D eigenvalue weighted by atomic mass is 9.83. The molecule has 2 aliphatic heterocycles. The molecule has 27 heavy (non-hydrogen) atoms. The highest BCUT2D eigenvalue weighted by atomic mass is 32.2. The van der Waals surface area contributed by atoms with Gasteiger partial charge in [0.2, 0.25) is 15.9 Å². The Balaban J connectivity index is 1.78. The van der Waals surface area contributed by atoms with Crippen LogP contribution < -0.4 is 0 Å². The largest absolute Gasteiger partial charge is 0.343 e. The molecule has 2 saturated heterocycles. The molecule has 1 amide bonds. The number of sulfonamides is 1. The standard InChI is InChI=1S/C20H31N3O3S/c1-5-22-15-14-21(4)19(24)20(22)10-12-23(13-11-20)27(25,26)18-8-6-17(7-9-18)16(2)3/h6-9,16H,5,10-15H2,1-4H3. The Hall–Kier alpha value is -1.44. The van der Waals surface area contributed by atoms with Crippen molar-refractivity contribution in [3.05, 3.63) is 29.8 Å². The van der Waals surface area contributed by atoms with Crippen LogP contribution in [0.1, 0.15) is 45.1 Å². The average molecular weight is 394 g/mol. The van der Waals surface area contributed by atoms with E-state index < -0.39 is 15.6 Å². The van der Waals surface area contributed by atoms with Gasteiger partial charge in [0.1, 0.15) is 5.54 Å². The normalized spacial score (nSPS) is 22.0. The monoisotopic (exact) mass is 393 g/mol. The van der Waals surface area contributed by atoms with Crippen molar-refractivity contribution >= 4 is 15.9 Å². The molecule has 0 unspecified atom stereocenters. The molecule has 0 radical (unpaired) electrons. The van der Waals surface area contributed by atoms with E-state index in [9.17, 15) is 13.2 Å². The second-order valence-corrected chi connectivity index (χ2v) is 9.90. The Bertz CT molecular complexity index is 781. The van der Waals surface area contributed by atoms with Gasteiger partial charge in [0.15, 0.2) is 0 Å². The minimum Gasteiger partial charge on any atom is -0.343 e. The number of likely N-dealkylation sites (N-methyl/N-ethyl adjacent to an activating group) is 2. The first-order chi connectivity index (χ1) is 12.7. The summed E-state index contributed by atoms with van der Waals surface area (Å²) in [5.41, 5.74) is 0.580. The van der Waals surface area contributed by atoms with E-state index in [2.05, 4.69) is 25.7 Å². The molecule has 1 spiro atoms. The maximum atomic E-state index is 13.1. The zero-order chi connectivity index (χ0) is 19.8. The molecule has 0 atom stereocenters. The lowest BCUT2D eigenvalue weighted by Crippen LogP contribution is -2.68. The predicted molar refractivity (Wildman–Crippen MR) is 106 cm³/mol. The highest BCUT2D eigenvalue weighted by molar-refractivity contribution is 7.89. The molecule has 2 heterocycles. The van der Waals surface area contributed by atoms with Gasteiger partial charge in [-0.3, -0.25) is 9.69 Å². The quantitative estimate of drug-likeness (QED) is 0.786. The van der Waals surface area contributed by atoms with Gasteiger partial charge in [-0.05, 0) is 43.0 Å². The van der Waals surface area contributed by atoms with Crippen LogP contribution in [0.5, 0.6) is 0 Å². The Morgan fingerprint density at radius 1 is 1.04 bits per heavy atom. The number of carbonyl (C=O) groups is 1. The lowest BCUT2D eigenvalue weighted by Gasteiger charge is -2.51. The second-order valence-electron chi connectivity index (χ2n) is 7.97. The third kappa shape index (κ3) is 3.52.